The van der Waals surface area contributed by atoms with Gasteiger partial charge in [0.05, 0.1) is 7.11 Å². The van der Waals surface area contributed by atoms with Crippen molar-refractivity contribution in [2.24, 2.45) is 0 Å². The number of anilines is 1. The normalized spacial score (nSPS) is 14.7. The van der Waals surface area contributed by atoms with Crippen molar-refractivity contribution < 1.29 is 18.3 Å². The predicted molar refractivity (Wildman–Crippen MR) is 129 cm³/mol. The number of methoxy groups -OCH3 is 1. The average Bonchev–Trinajstić information content (AvgIpc) is 3.26. The number of amides is 1. The van der Waals surface area contributed by atoms with Crippen LogP contribution in [0.25, 0.3) is 11.4 Å². The molecule has 0 bridgehead atoms. The van der Waals surface area contributed by atoms with E-state index < -0.39 is 11.8 Å². The van der Waals surface area contributed by atoms with E-state index in [1.165, 1.54) is 25.1 Å². The van der Waals surface area contributed by atoms with Crippen molar-refractivity contribution in [2.75, 3.05) is 25.5 Å². The van der Waals surface area contributed by atoms with Gasteiger partial charge in [0.25, 0.3) is 11.8 Å². The third-order valence-corrected chi connectivity index (χ3v) is 6.37. The highest BCUT2D eigenvalue weighted by Crippen LogP contribution is 2.36. The van der Waals surface area contributed by atoms with Gasteiger partial charge in [0, 0.05) is 28.9 Å². The molecule has 8 heteroatoms. The Bertz CT molecular complexity index is 1170. The van der Waals surface area contributed by atoms with Crippen LogP contribution in [0.3, 0.4) is 0 Å². The largest absolute Gasteiger partial charge is 0.496 e. The number of aryl methyl sites for hydroxylation is 1. The molecule has 2 aromatic carbocycles. The van der Waals surface area contributed by atoms with Crippen molar-refractivity contribution in [3.8, 4) is 17.1 Å². The Morgan fingerprint density at radius 1 is 1.21 bits per heavy atom. The van der Waals surface area contributed by atoms with Crippen molar-refractivity contribution in [1.82, 2.24) is 15.3 Å². The Kier molecular flexibility index (Phi) is 6.97. The van der Waals surface area contributed by atoms with Gasteiger partial charge >= 0.3 is 0 Å². The smallest absolute Gasteiger partial charge is 0.276 e. The number of ether oxygens (including phenoxy) is 1. The van der Waals surface area contributed by atoms with Crippen LogP contribution in [0.4, 0.5) is 14.5 Å². The van der Waals surface area contributed by atoms with Gasteiger partial charge in [-0.05, 0) is 74.7 Å². The molecule has 1 aromatic heterocycles. The van der Waals surface area contributed by atoms with E-state index in [1.54, 1.807) is 20.1 Å². The number of carbonyl (C=O) groups is 1. The molecule has 1 fully saturated rings. The summed E-state index contributed by atoms with van der Waals surface area (Å²) in [6, 6.07) is 11.7. The molecule has 0 spiro atoms. The predicted octanol–water partition coefficient (Wildman–Crippen LogP) is 5.61. The molecule has 0 unspecified atom stereocenters. The minimum atomic E-state index is -2.95. The molecule has 1 saturated heterocycles. The van der Waals surface area contributed by atoms with Crippen molar-refractivity contribution in [1.29, 1.82) is 0 Å². The highest BCUT2D eigenvalue weighted by atomic mass is 19.3. The molecule has 0 radical (unpaired) electrons. The second-order valence-electron chi connectivity index (χ2n) is 8.63. The third-order valence-electron chi connectivity index (χ3n) is 6.37. The van der Waals surface area contributed by atoms with Crippen LogP contribution in [0.15, 0.2) is 42.5 Å². The molecule has 1 aliphatic heterocycles. The highest BCUT2D eigenvalue weighted by molar-refractivity contribution is 6.04. The lowest BCUT2D eigenvalue weighted by molar-refractivity contribution is -0.00824. The second-order valence-corrected chi connectivity index (χ2v) is 8.63. The Balaban J connectivity index is 1.58. The zero-order chi connectivity index (χ0) is 24.3. The van der Waals surface area contributed by atoms with Crippen molar-refractivity contribution in [3.63, 3.8) is 0 Å². The van der Waals surface area contributed by atoms with Crippen LogP contribution in [0.1, 0.15) is 59.4 Å². The fourth-order valence-electron chi connectivity index (χ4n) is 4.37. The number of alkyl halides is 2. The molecule has 180 valence electrons. The van der Waals surface area contributed by atoms with Crippen LogP contribution >= 0.6 is 0 Å². The van der Waals surface area contributed by atoms with Crippen molar-refractivity contribution >= 4 is 11.6 Å². The Morgan fingerprint density at radius 2 is 1.97 bits per heavy atom. The lowest BCUT2D eigenvalue weighted by atomic mass is 9.88. The monoisotopic (exact) mass is 468 g/mol. The summed E-state index contributed by atoms with van der Waals surface area (Å²) in [5.41, 5.74) is 2.99. The number of rotatable bonds is 7. The number of piperidine rings is 1. The summed E-state index contributed by atoms with van der Waals surface area (Å²) in [5.74, 6) is -1.59. The van der Waals surface area contributed by atoms with Gasteiger partial charge in [-0.3, -0.25) is 4.79 Å². The topological polar surface area (TPSA) is 79.0 Å². The van der Waals surface area contributed by atoms with Crippen LogP contribution in [0.2, 0.25) is 0 Å². The Hall–Kier alpha value is -3.26. The summed E-state index contributed by atoms with van der Waals surface area (Å²) in [7, 11) is 1.67. The molecular weight excluding hydrogens is 438 g/mol. The van der Waals surface area contributed by atoms with Gasteiger partial charge < -0.3 is 20.4 Å². The number of carbonyl (C=O) groups excluding carboxylic acids is 1. The van der Waals surface area contributed by atoms with E-state index in [0.717, 1.165) is 42.8 Å². The molecule has 34 heavy (non-hydrogen) atoms. The van der Waals surface area contributed by atoms with Crippen LogP contribution < -0.4 is 15.4 Å². The quantitative estimate of drug-likeness (QED) is 0.421. The maximum atomic E-state index is 14.1. The third kappa shape index (κ3) is 4.97. The van der Waals surface area contributed by atoms with Gasteiger partial charge in [0.1, 0.15) is 17.3 Å². The molecule has 3 aromatic rings. The van der Waals surface area contributed by atoms with Crippen molar-refractivity contribution in [3.05, 3.63) is 65.0 Å². The summed E-state index contributed by atoms with van der Waals surface area (Å²) >= 11 is 0. The first kappa shape index (κ1) is 23.9. The Morgan fingerprint density at radius 3 is 2.68 bits per heavy atom. The van der Waals surface area contributed by atoms with E-state index in [4.69, 9.17) is 4.74 Å². The zero-order valence-electron chi connectivity index (χ0n) is 19.7. The number of aromatic nitrogens is 2. The molecule has 2 heterocycles. The van der Waals surface area contributed by atoms with E-state index in [-0.39, 0.29) is 17.7 Å². The average molecular weight is 469 g/mol. The molecule has 0 aliphatic carbocycles. The van der Waals surface area contributed by atoms with Crippen LogP contribution in [-0.2, 0) is 5.92 Å². The summed E-state index contributed by atoms with van der Waals surface area (Å²) in [5, 5.41) is 6.08. The molecule has 1 amide bonds. The number of benzene rings is 2. The van der Waals surface area contributed by atoms with E-state index in [0.29, 0.717) is 23.1 Å². The number of imidazole rings is 1. The first-order chi connectivity index (χ1) is 16.3. The van der Waals surface area contributed by atoms with Crippen LogP contribution in [-0.4, -0.2) is 36.1 Å². The molecular formula is C26H30F2N4O2. The lowest BCUT2D eigenvalue weighted by Crippen LogP contribution is -2.26. The number of H-pyrrole nitrogens is 1. The van der Waals surface area contributed by atoms with E-state index in [9.17, 15) is 13.6 Å². The van der Waals surface area contributed by atoms with Gasteiger partial charge in [0.15, 0.2) is 0 Å². The maximum Gasteiger partial charge on any atom is 0.276 e. The van der Waals surface area contributed by atoms with E-state index in [1.807, 2.05) is 12.1 Å². The molecule has 4 rings (SSSR count). The number of nitrogens with one attached hydrogen (secondary N) is 3. The lowest BCUT2D eigenvalue weighted by Gasteiger charge is -2.25. The van der Waals surface area contributed by atoms with Crippen LogP contribution in [0, 0.1) is 6.92 Å². The minimum Gasteiger partial charge on any atom is -0.496 e. The standard InChI is InChI=1S/C26H30F2N4O2/c1-4-26(27,28)19-6-5-7-20(15-19)31-25(33)23-16(2)30-24(32-23)18-8-9-22(34-3)21(14-18)17-10-12-29-13-11-17/h5-9,14-15,17,29H,4,10-13H2,1-3H3,(H,30,32)(H,31,33). The molecule has 1 aliphatic rings. The summed E-state index contributed by atoms with van der Waals surface area (Å²) in [6.45, 7) is 5.13. The fourth-order valence-corrected chi connectivity index (χ4v) is 4.37. The fraction of sp³-hybridized carbons (Fsp3) is 0.385. The zero-order valence-corrected chi connectivity index (χ0v) is 19.7. The number of hydrogen-bond donors (Lipinski definition) is 3. The first-order valence-corrected chi connectivity index (χ1v) is 11.6. The van der Waals surface area contributed by atoms with Crippen LogP contribution in [0.5, 0.6) is 5.75 Å². The number of nitrogens with zero attached hydrogens (tertiary/aromatic N) is 1. The van der Waals surface area contributed by atoms with Crippen molar-refractivity contribution in [2.45, 2.75) is 45.0 Å². The first-order valence-electron chi connectivity index (χ1n) is 11.6. The molecule has 0 saturated carbocycles. The van der Waals surface area contributed by atoms with Gasteiger partial charge in [-0.1, -0.05) is 19.1 Å². The molecule has 3 N–H and O–H groups in total. The second kappa shape index (κ2) is 9.93. The molecule has 0 atom stereocenters. The van der Waals surface area contributed by atoms with Gasteiger partial charge in [-0.2, -0.15) is 0 Å². The summed E-state index contributed by atoms with van der Waals surface area (Å²) in [4.78, 5) is 20.6. The number of halogens is 2. The minimum absolute atomic E-state index is 0.129. The van der Waals surface area contributed by atoms with Gasteiger partial charge in [-0.25, -0.2) is 13.8 Å². The van der Waals surface area contributed by atoms with Gasteiger partial charge in [-0.15, -0.1) is 0 Å². The van der Waals surface area contributed by atoms with E-state index in [2.05, 4.69) is 26.7 Å². The summed E-state index contributed by atoms with van der Waals surface area (Å²) in [6.07, 6.45) is 1.75. The number of aromatic amines is 1. The molecule has 6 nitrogen and oxygen atoms in total. The Labute approximate surface area is 198 Å². The SMILES string of the molecule is CCC(F)(F)c1cccc(NC(=O)c2nc(-c3ccc(OC)c(C4CCNCC4)c3)[nH]c2C)c1. The maximum absolute atomic E-state index is 14.1. The summed E-state index contributed by atoms with van der Waals surface area (Å²) < 4.78 is 33.7. The highest BCUT2D eigenvalue weighted by Gasteiger charge is 2.29. The van der Waals surface area contributed by atoms with E-state index >= 15 is 0 Å². The van der Waals surface area contributed by atoms with Gasteiger partial charge in [0.2, 0.25) is 0 Å². The number of hydrogen-bond acceptors (Lipinski definition) is 4.